The molecule has 1 aromatic carbocycles. The average Bonchev–Trinajstić information content (AvgIpc) is 2.55. The van der Waals surface area contributed by atoms with Gasteiger partial charge in [-0.15, -0.1) is 0 Å². The molecule has 7 nitrogen and oxygen atoms in total. The standard InChI is InChI=1S/C16H24N4O3/c1-13(21)18-8-7-17-12-14-5-6-15(16(11-14)20(22)23)19-9-3-2-4-10-19/h5-6,11,17H,2-4,7-10,12H2,1H3,(H,18,21). The van der Waals surface area contributed by atoms with Crippen molar-refractivity contribution < 1.29 is 9.72 Å². The number of nitrogens with one attached hydrogen (secondary N) is 2. The Morgan fingerprint density at radius 1 is 1.26 bits per heavy atom. The molecule has 0 aromatic heterocycles. The van der Waals surface area contributed by atoms with Crippen LogP contribution in [0, 0.1) is 10.1 Å². The molecule has 1 aromatic rings. The lowest BCUT2D eigenvalue weighted by Gasteiger charge is -2.28. The highest BCUT2D eigenvalue weighted by molar-refractivity contribution is 5.72. The van der Waals surface area contributed by atoms with Gasteiger partial charge in [-0.2, -0.15) is 0 Å². The summed E-state index contributed by atoms with van der Waals surface area (Å²) in [5.41, 5.74) is 1.77. The molecule has 126 valence electrons. The minimum atomic E-state index is -0.301. The molecule has 0 aliphatic carbocycles. The van der Waals surface area contributed by atoms with Crippen molar-refractivity contribution in [2.24, 2.45) is 0 Å². The zero-order chi connectivity index (χ0) is 16.7. The first-order valence-electron chi connectivity index (χ1n) is 8.05. The molecule has 0 unspecified atom stereocenters. The Labute approximate surface area is 136 Å². The van der Waals surface area contributed by atoms with Gasteiger partial charge < -0.3 is 15.5 Å². The first-order chi connectivity index (χ1) is 11.1. The van der Waals surface area contributed by atoms with Gasteiger partial charge in [0.25, 0.3) is 5.69 Å². The maximum Gasteiger partial charge on any atom is 0.292 e. The van der Waals surface area contributed by atoms with Crippen LogP contribution in [0.3, 0.4) is 0 Å². The summed E-state index contributed by atoms with van der Waals surface area (Å²) in [5.74, 6) is -0.0617. The fourth-order valence-corrected chi connectivity index (χ4v) is 2.79. The Morgan fingerprint density at radius 2 is 2.00 bits per heavy atom. The van der Waals surface area contributed by atoms with Crippen LogP contribution in [0.25, 0.3) is 0 Å². The van der Waals surface area contributed by atoms with Gasteiger partial charge in [0, 0.05) is 45.7 Å². The van der Waals surface area contributed by atoms with E-state index in [1.54, 1.807) is 6.07 Å². The summed E-state index contributed by atoms with van der Waals surface area (Å²) in [4.78, 5) is 24.0. The van der Waals surface area contributed by atoms with Crippen LogP contribution in [-0.4, -0.2) is 37.0 Å². The van der Waals surface area contributed by atoms with Crippen molar-refractivity contribution in [3.05, 3.63) is 33.9 Å². The number of amides is 1. The number of nitrogens with zero attached hydrogens (tertiary/aromatic N) is 2. The molecular formula is C16H24N4O3. The zero-order valence-corrected chi connectivity index (χ0v) is 13.5. The summed E-state index contributed by atoms with van der Waals surface area (Å²) in [6.45, 7) is 4.96. The lowest BCUT2D eigenvalue weighted by Crippen LogP contribution is -2.30. The fraction of sp³-hybridized carbons (Fsp3) is 0.562. The second kappa shape index (κ2) is 8.47. The zero-order valence-electron chi connectivity index (χ0n) is 13.5. The smallest absolute Gasteiger partial charge is 0.292 e. The van der Waals surface area contributed by atoms with E-state index >= 15 is 0 Å². The summed E-state index contributed by atoms with van der Waals surface area (Å²) in [7, 11) is 0. The van der Waals surface area contributed by atoms with E-state index in [1.165, 1.54) is 13.3 Å². The van der Waals surface area contributed by atoms with Crippen LogP contribution in [-0.2, 0) is 11.3 Å². The van der Waals surface area contributed by atoms with E-state index in [0.717, 1.165) is 37.2 Å². The van der Waals surface area contributed by atoms with Gasteiger partial charge in [0.2, 0.25) is 5.91 Å². The summed E-state index contributed by atoms with van der Waals surface area (Å²) in [6.07, 6.45) is 3.37. The van der Waals surface area contributed by atoms with Gasteiger partial charge in [-0.05, 0) is 30.9 Å². The van der Waals surface area contributed by atoms with Gasteiger partial charge in [-0.1, -0.05) is 6.07 Å². The van der Waals surface area contributed by atoms with E-state index in [2.05, 4.69) is 15.5 Å². The molecule has 2 rings (SSSR count). The van der Waals surface area contributed by atoms with Crippen molar-refractivity contribution in [1.29, 1.82) is 0 Å². The van der Waals surface area contributed by atoms with Crippen molar-refractivity contribution in [2.75, 3.05) is 31.1 Å². The molecule has 0 atom stereocenters. The molecule has 23 heavy (non-hydrogen) atoms. The highest BCUT2D eigenvalue weighted by Crippen LogP contribution is 2.31. The molecule has 1 heterocycles. The van der Waals surface area contributed by atoms with Gasteiger partial charge in [0.1, 0.15) is 5.69 Å². The quantitative estimate of drug-likeness (QED) is 0.454. The normalized spacial score (nSPS) is 14.6. The minimum absolute atomic E-state index is 0.0617. The van der Waals surface area contributed by atoms with Crippen molar-refractivity contribution >= 4 is 17.3 Å². The number of carbonyl (C=O) groups is 1. The Morgan fingerprint density at radius 3 is 2.65 bits per heavy atom. The number of hydrogen-bond acceptors (Lipinski definition) is 5. The number of benzene rings is 1. The second-order valence-electron chi connectivity index (χ2n) is 5.79. The molecule has 1 aliphatic rings. The van der Waals surface area contributed by atoms with E-state index in [4.69, 9.17) is 0 Å². The number of nitro groups is 1. The van der Waals surface area contributed by atoms with Crippen LogP contribution in [0.2, 0.25) is 0 Å². The van der Waals surface area contributed by atoms with Crippen molar-refractivity contribution in [3.63, 3.8) is 0 Å². The molecular weight excluding hydrogens is 296 g/mol. The Balaban J connectivity index is 1.98. The SMILES string of the molecule is CC(=O)NCCNCc1ccc(N2CCCCC2)c([N+](=O)[O-])c1. The second-order valence-corrected chi connectivity index (χ2v) is 5.79. The molecule has 7 heteroatoms. The number of hydrogen-bond donors (Lipinski definition) is 2. The topological polar surface area (TPSA) is 87.5 Å². The van der Waals surface area contributed by atoms with E-state index in [-0.39, 0.29) is 16.5 Å². The summed E-state index contributed by atoms with van der Waals surface area (Å²) < 4.78 is 0. The van der Waals surface area contributed by atoms with E-state index in [0.29, 0.717) is 19.6 Å². The van der Waals surface area contributed by atoms with E-state index < -0.39 is 0 Å². The molecule has 1 amide bonds. The molecule has 1 fully saturated rings. The lowest BCUT2D eigenvalue weighted by molar-refractivity contribution is -0.384. The summed E-state index contributed by atoms with van der Waals surface area (Å²) in [6, 6.07) is 5.44. The average molecular weight is 320 g/mol. The third-order valence-corrected chi connectivity index (χ3v) is 3.94. The first kappa shape index (κ1) is 17.2. The van der Waals surface area contributed by atoms with Crippen LogP contribution in [0.4, 0.5) is 11.4 Å². The number of nitro benzene ring substituents is 1. The third kappa shape index (κ3) is 5.21. The molecule has 0 radical (unpaired) electrons. The van der Waals surface area contributed by atoms with Gasteiger partial charge in [-0.3, -0.25) is 14.9 Å². The highest BCUT2D eigenvalue weighted by atomic mass is 16.6. The lowest BCUT2D eigenvalue weighted by atomic mass is 10.1. The van der Waals surface area contributed by atoms with Crippen molar-refractivity contribution in [3.8, 4) is 0 Å². The predicted octanol–water partition coefficient (Wildman–Crippen LogP) is 1.81. The van der Waals surface area contributed by atoms with Crippen molar-refractivity contribution in [1.82, 2.24) is 10.6 Å². The first-order valence-corrected chi connectivity index (χ1v) is 8.05. The van der Waals surface area contributed by atoms with E-state index in [9.17, 15) is 14.9 Å². The fourth-order valence-electron chi connectivity index (χ4n) is 2.79. The Kier molecular flexibility index (Phi) is 6.34. The highest BCUT2D eigenvalue weighted by Gasteiger charge is 2.21. The molecule has 0 spiro atoms. The monoisotopic (exact) mass is 320 g/mol. The van der Waals surface area contributed by atoms with Crippen LogP contribution in [0.15, 0.2) is 18.2 Å². The van der Waals surface area contributed by atoms with Gasteiger partial charge in [0.15, 0.2) is 0 Å². The summed E-state index contributed by atoms with van der Waals surface area (Å²) in [5, 5.41) is 17.2. The largest absolute Gasteiger partial charge is 0.366 e. The minimum Gasteiger partial charge on any atom is -0.366 e. The predicted molar refractivity (Wildman–Crippen MR) is 89.6 cm³/mol. The van der Waals surface area contributed by atoms with Gasteiger partial charge in [-0.25, -0.2) is 0 Å². The van der Waals surface area contributed by atoms with Crippen LogP contribution in [0.1, 0.15) is 31.7 Å². The number of rotatable bonds is 7. The third-order valence-electron chi connectivity index (χ3n) is 3.94. The van der Waals surface area contributed by atoms with Crippen LogP contribution < -0.4 is 15.5 Å². The molecule has 1 saturated heterocycles. The van der Waals surface area contributed by atoms with E-state index in [1.807, 2.05) is 12.1 Å². The maximum absolute atomic E-state index is 11.4. The summed E-state index contributed by atoms with van der Waals surface area (Å²) >= 11 is 0. The molecule has 1 aliphatic heterocycles. The van der Waals surface area contributed by atoms with Crippen molar-refractivity contribution in [2.45, 2.75) is 32.7 Å². The maximum atomic E-state index is 11.4. The number of piperidine rings is 1. The van der Waals surface area contributed by atoms with Crippen LogP contribution in [0.5, 0.6) is 0 Å². The Hall–Kier alpha value is -2.15. The molecule has 0 saturated carbocycles. The number of anilines is 1. The van der Waals surface area contributed by atoms with Crippen LogP contribution >= 0.6 is 0 Å². The van der Waals surface area contributed by atoms with Gasteiger partial charge in [0.05, 0.1) is 4.92 Å². The molecule has 2 N–H and O–H groups in total. The van der Waals surface area contributed by atoms with Gasteiger partial charge >= 0.3 is 0 Å². The molecule has 0 bridgehead atoms. The number of carbonyl (C=O) groups excluding carboxylic acids is 1. The Bertz CT molecular complexity index is 556.